The molecule has 0 radical (unpaired) electrons. The van der Waals surface area contributed by atoms with E-state index < -0.39 is 0 Å². The highest BCUT2D eigenvalue weighted by molar-refractivity contribution is 6.09. The van der Waals surface area contributed by atoms with Crippen molar-refractivity contribution in [3.63, 3.8) is 0 Å². The van der Waals surface area contributed by atoms with E-state index in [0.29, 0.717) is 5.78 Å². The molecule has 0 N–H and O–H groups in total. The van der Waals surface area contributed by atoms with Gasteiger partial charge in [-0.3, -0.25) is 4.79 Å². The Kier molecular flexibility index (Phi) is 2.04. The van der Waals surface area contributed by atoms with Crippen LogP contribution in [0.1, 0.15) is 39.7 Å². The number of hydrogen-bond acceptors (Lipinski definition) is 1. The summed E-state index contributed by atoms with van der Waals surface area (Å²) < 4.78 is 0. The molecule has 3 aliphatic carbocycles. The van der Waals surface area contributed by atoms with Crippen molar-refractivity contribution in [2.75, 3.05) is 0 Å². The van der Waals surface area contributed by atoms with Crippen LogP contribution in [-0.2, 0) is 17.6 Å². The third kappa shape index (κ3) is 1.29. The van der Waals surface area contributed by atoms with Gasteiger partial charge in [-0.05, 0) is 58.4 Å². The van der Waals surface area contributed by atoms with Crippen molar-refractivity contribution >= 4 is 16.6 Å². The molecule has 0 aliphatic heterocycles. The summed E-state index contributed by atoms with van der Waals surface area (Å²) in [5, 5.41) is 2.71. The van der Waals surface area contributed by atoms with Gasteiger partial charge < -0.3 is 0 Å². The lowest BCUT2D eigenvalue weighted by atomic mass is 9.67. The van der Waals surface area contributed by atoms with E-state index in [-0.39, 0.29) is 11.8 Å². The Morgan fingerprint density at radius 3 is 2.38 bits per heavy atom. The van der Waals surface area contributed by atoms with Crippen molar-refractivity contribution in [2.45, 2.75) is 31.6 Å². The minimum Gasteiger partial charge on any atom is -0.298 e. The zero-order chi connectivity index (χ0) is 14.1. The van der Waals surface area contributed by atoms with Gasteiger partial charge in [-0.25, -0.2) is 0 Å². The molecule has 1 heteroatoms. The number of allylic oxidation sites excluding steroid dienone is 4. The third-order valence-corrected chi connectivity index (χ3v) is 5.33. The molecule has 0 aromatic heterocycles. The van der Waals surface area contributed by atoms with E-state index in [1.165, 1.54) is 38.6 Å². The second-order valence-electron chi connectivity index (χ2n) is 6.45. The summed E-state index contributed by atoms with van der Waals surface area (Å²) in [5.74, 6) is 0.285. The van der Waals surface area contributed by atoms with Crippen LogP contribution in [-0.4, -0.2) is 5.78 Å². The van der Waals surface area contributed by atoms with Gasteiger partial charge in [0.1, 0.15) is 0 Å². The lowest BCUT2D eigenvalue weighted by Crippen LogP contribution is -2.28. The van der Waals surface area contributed by atoms with E-state index in [4.69, 9.17) is 0 Å². The number of benzene rings is 2. The van der Waals surface area contributed by atoms with Gasteiger partial charge in [0.15, 0.2) is 5.78 Å². The fraction of sp³-hybridized carbons (Fsp3) is 0.250. The Morgan fingerprint density at radius 1 is 0.952 bits per heavy atom. The second-order valence-corrected chi connectivity index (χ2v) is 6.45. The van der Waals surface area contributed by atoms with Gasteiger partial charge >= 0.3 is 0 Å². The van der Waals surface area contributed by atoms with Gasteiger partial charge in [0.05, 0.1) is 11.8 Å². The van der Waals surface area contributed by atoms with Crippen LogP contribution in [0.2, 0.25) is 0 Å². The number of rotatable bonds is 0. The SMILES string of the molecule is Cc1cc2c3c4c5c(ccc14)CC=CC5C(=O)C3C=CC2. The maximum atomic E-state index is 12.9. The molecule has 5 rings (SSSR count). The molecule has 0 fully saturated rings. The molecule has 2 aromatic carbocycles. The highest BCUT2D eigenvalue weighted by atomic mass is 16.1. The monoisotopic (exact) mass is 272 g/mol. The van der Waals surface area contributed by atoms with Crippen LogP contribution in [0, 0.1) is 6.92 Å². The average molecular weight is 272 g/mol. The van der Waals surface area contributed by atoms with Gasteiger partial charge in [0.25, 0.3) is 0 Å². The maximum absolute atomic E-state index is 12.9. The first kappa shape index (κ1) is 11.5. The predicted octanol–water partition coefficient (Wildman–Crippen LogP) is 4.12. The molecule has 102 valence electrons. The summed E-state index contributed by atoms with van der Waals surface area (Å²) in [7, 11) is 0. The number of hydrogen-bond donors (Lipinski definition) is 0. The Bertz CT molecular complexity index is 868. The Labute approximate surface area is 124 Å². The van der Waals surface area contributed by atoms with Crippen LogP contribution < -0.4 is 0 Å². The quantitative estimate of drug-likeness (QED) is 0.659. The molecule has 1 nitrogen and oxygen atoms in total. The Balaban J connectivity index is 2.04. The number of aryl methyl sites for hydroxylation is 1. The lowest BCUT2D eigenvalue weighted by molar-refractivity contribution is -0.120. The molecule has 2 aromatic rings. The molecule has 0 saturated carbocycles. The molecule has 0 saturated heterocycles. The molecule has 2 unspecified atom stereocenters. The third-order valence-electron chi connectivity index (χ3n) is 5.33. The second kappa shape index (κ2) is 3.73. The normalized spacial score (nSPS) is 24.7. The van der Waals surface area contributed by atoms with E-state index >= 15 is 0 Å². The van der Waals surface area contributed by atoms with Gasteiger partial charge in [0.2, 0.25) is 0 Å². The lowest BCUT2D eigenvalue weighted by Gasteiger charge is -2.35. The van der Waals surface area contributed by atoms with Gasteiger partial charge in [0, 0.05) is 0 Å². The van der Waals surface area contributed by atoms with Crippen LogP contribution in [0.25, 0.3) is 10.8 Å². The van der Waals surface area contributed by atoms with Crippen molar-refractivity contribution < 1.29 is 4.79 Å². The molecule has 0 bridgehead atoms. The van der Waals surface area contributed by atoms with Crippen molar-refractivity contribution in [1.29, 1.82) is 0 Å². The zero-order valence-electron chi connectivity index (χ0n) is 12.0. The van der Waals surface area contributed by atoms with Crippen molar-refractivity contribution in [3.05, 3.63) is 70.3 Å². The van der Waals surface area contributed by atoms with Gasteiger partial charge in [-0.1, -0.05) is 42.5 Å². The van der Waals surface area contributed by atoms with E-state index in [1.54, 1.807) is 0 Å². The van der Waals surface area contributed by atoms with Crippen LogP contribution in [0.3, 0.4) is 0 Å². The van der Waals surface area contributed by atoms with E-state index in [1.807, 2.05) is 0 Å². The minimum atomic E-state index is -0.0349. The molecule has 21 heavy (non-hydrogen) atoms. The molecular weight excluding hydrogens is 256 g/mol. The van der Waals surface area contributed by atoms with Crippen molar-refractivity contribution in [2.24, 2.45) is 0 Å². The number of ketones is 1. The summed E-state index contributed by atoms with van der Waals surface area (Å²) in [5.41, 5.74) is 6.62. The number of carbonyl (C=O) groups is 1. The Morgan fingerprint density at radius 2 is 1.62 bits per heavy atom. The van der Waals surface area contributed by atoms with Crippen LogP contribution in [0.15, 0.2) is 42.5 Å². The maximum Gasteiger partial charge on any atom is 0.155 e. The first-order valence-corrected chi connectivity index (χ1v) is 7.70. The number of carbonyl (C=O) groups excluding carboxylic acids is 1. The summed E-state index contributed by atoms with van der Waals surface area (Å²) in [6.07, 6.45) is 10.5. The molecule has 3 aliphatic rings. The minimum absolute atomic E-state index is 0.0349. The van der Waals surface area contributed by atoms with Crippen LogP contribution in [0.4, 0.5) is 0 Å². The van der Waals surface area contributed by atoms with Crippen molar-refractivity contribution in [1.82, 2.24) is 0 Å². The van der Waals surface area contributed by atoms with Gasteiger partial charge in [-0.2, -0.15) is 0 Å². The fourth-order valence-corrected chi connectivity index (χ4v) is 4.44. The largest absolute Gasteiger partial charge is 0.298 e. The van der Waals surface area contributed by atoms with E-state index in [0.717, 1.165) is 12.8 Å². The first-order valence-electron chi connectivity index (χ1n) is 7.70. The highest BCUT2D eigenvalue weighted by Gasteiger charge is 2.38. The average Bonchev–Trinajstić information content (AvgIpc) is 2.51. The highest BCUT2D eigenvalue weighted by Crippen LogP contribution is 2.48. The topological polar surface area (TPSA) is 17.1 Å². The standard InChI is InChI=1S/C20H16O/c1-11-10-13-5-3-7-16-18(13)19-14(11)9-8-12-4-2-6-15(17(12)19)20(16)21/h2-3,6-10,15-16H,4-5H2,1H3. The smallest absolute Gasteiger partial charge is 0.155 e. The fourth-order valence-electron chi connectivity index (χ4n) is 4.44. The van der Waals surface area contributed by atoms with E-state index in [2.05, 4.69) is 49.4 Å². The van der Waals surface area contributed by atoms with Crippen molar-refractivity contribution in [3.8, 4) is 0 Å². The summed E-state index contributed by atoms with van der Waals surface area (Å²) in [6, 6.07) is 6.76. The molecule has 0 amide bonds. The zero-order valence-corrected chi connectivity index (χ0v) is 12.0. The summed E-state index contributed by atoms with van der Waals surface area (Å²) in [6.45, 7) is 2.19. The molecule has 2 atom stereocenters. The van der Waals surface area contributed by atoms with Crippen LogP contribution in [0.5, 0.6) is 0 Å². The first-order chi connectivity index (χ1) is 10.3. The predicted molar refractivity (Wildman–Crippen MR) is 84.9 cm³/mol. The summed E-state index contributed by atoms with van der Waals surface area (Å²) >= 11 is 0. The van der Waals surface area contributed by atoms with E-state index in [9.17, 15) is 4.79 Å². The van der Waals surface area contributed by atoms with Crippen LogP contribution >= 0.6 is 0 Å². The Hall–Kier alpha value is -2.15. The molecular formula is C20H16O. The summed E-state index contributed by atoms with van der Waals surface area (Å²) in [4.78, 5) is 12.9. The molecule has 0 heterocycles. The number of Topliss-reactive ketones (excluding diaryl/α,β-unsaturated/α-hetero) is 1. The molecule has 0 spiro atoms. The van der Waals surface area contributed by atoms with Gasteiger partial charge in [-0.15, -0.1) is 0 Å².